The van der Waals surface area contributed by atoms with Crippen LogP contribution in [0.3, 0.4) is 0 Å². The van der Waals surface area contributed by atoms with Crippen LogP contribution in [0.25, 0.3) is 0 Å². The highest BCUT2D eigenvalue weighted by Gasteiger charge is 2.34. The molecule has 1 aliphatic rings. The van der Waals surface area contributed by atoms with Crippen molar-refractivity contribution in [2.75, 3.05) is 6.54 Å². The molecule has 0 aromatic carbocycles. The highest BCUT2D eigenvalue weighted by Crippen LogP contribution is 2.20. The lowest BCUT2D eigenvalue weighted by molar-refractivity contribution is -0.141. The molecule has 1 fully saturated rings. The van der Waals surface area contributed by atoms with Gasteiger partial charge in [-0.1, -0.05) is 0 Å². The fourth-order valence-electron chi connectivity index (χ4n) is 2.10. The molecule has 2 rings (SSSR count). The molecule has 0 unspecified atom stereocenters. The zero-order valence-electron chi connectivity index (χ0n) is 9.59. The van der Waals surface area contributed by atoms with E-state index in [-0.39, 0.29) is 5.91 Å². The van der Waals surface area contributed by atoms with E-state index in [1.165, 1.54) is 11.1 Å². The van der Waals surface area contributed by atoms with E-state index in [0.29, 0.717) is 18.5 Å². The Morgan fingerprint density at radius 1 is 1.47 bits per heavy atom. The first-order valence-corrected chi connectivity index (χ1v) is 5.55. The first-order chi connectivity index (χ1) is 8.09. The first kappa shape index (κ1) is 11.6. The number of carboxylic acids is 1. The lowest BCUT2D eigenvalue weighted by Gasteiger charge is -2.21. The highest BCUT2D eigenvalue weighted by molar-refractivity contribution is 5.96. The van der Waals surface area contributed by atoms with Gasteiger partial charge in [0, 0.05) is 18.9 Å². The molecule has 1 saturated heterocycles. The summed E-state index contributed by atoms with van der Waals surface area (Å²) in [5.41, 5.74) is 1.35. The van der Waals surface area contributed by atoms with Gasteiger partial charge < -0.3 is 10.0 Å². The van der Waals surface area contributed by atoms with Crippen LogP contribution in [0.4, 0.5) is 0 Å². The lowest BCUT2D eigenvalue weighted by Crippen LogP contribution is -2.40. The van der Waals surface area contributed by atoms with E-state index in [1.807, 2.05) is 6.92 Å². The van der Waals surface area contributed by atoms with Crippen molar-refractivity contribution in [2.45, 2.75) is 25.8 Å². The molecule has 1 aliphatic heterocycles. The third kappa shape index (κ3) is 2.27. The molecule has 5 nitrogen and oxygen atoms in total. The zero-order chi connectivity index (χ0) is 12.4. The van der Waals surface area contributed by atoms with E-state index in [0.717, 1.165) is 12.0 Å². The van der Waals surface area contributed by atoms with Gasteiger partial charge in [0.2, 0.25) is 0 Å². The third-order valence-corrected chi connectivity index (χ3v) is 2.92. The molecule has 0 bridgehead atoms. The Hall–Kier alpha value is -1.91. The monoisotopic (exact) mass is 234 g/mol. The number of aryl methyl sites for hydroxylation is 1. The SMILES string of the molecule is Cc1cncc(C(=O)N2CCC[C@H]2C(=O)O)c1. The van der Waals surface area contributed by atoms with Gasteiger partial charge in [0.05, 0.1) is 5.56 Å². The van der Waals surface area contributed by atoms with Crippen LogP contribution >= 0.6 is 0 Å². The van der Waals surface area contributed by atoms with Crippen molar-refractivity contribution in [3.8, 4) is 0 Å². The summed E-state index contributed by atoms with van der Waals surface area (Å²) in [6.45, 7) is 2.35. The van der Waals surface area contributed by atoms with Crippen LogP contribution in [0, 0.1) is 6.92 Å². The number of aromatic nitrogens is 1. The number of pyridine rings is 1. The molecular weight excluding hydrogens is 220 g/mol. The number of hydrogen-bond acceptors (Lipinski definition) is 3. The summed E-state index contributed by atoms with van der Waals surface area (Å²) in [4.78, 5) is 28.5. The van der Waals surface area contributed by atoms with Crippen molar-refractivity contribution in [2.24, 2.45) is 0 Å². The molecule has 0 radical (unpaired) electrons. The van der Waals surface area contributed by atoms with E-state index >= 15 is 0 Å². The maximum Gasteiger partial charge on any atom is 0.326 e. The lowest BCUT2D eigenvalue weighted by atomic mass is 10.1. The number of carbonyl (C=O) groups excluding carboxylic acids is 1. The molecule has 90 valence electrons. The van der Waals surface area contributed by atoms with Crippen LogP contribution in [0.2, 0.25) is 0 Å². The molecule has 0 aliphatic carbocycles. The van der Waals surface area contributed by atoms with Crippen molar-refractivity contribution < 1.29 is 14.7 Å². The van der Waals surface area contributed by atoms with Crippen LogP contribution < -0.4 is 0 Å². The fourth-order valence-corrected chi connectivity index (χ4v) is 2.10. The number of likely N-dealkylation sites (tertiary alicyclic amines) is 1. The zero-order valence-corrected chi connectivity index (χ0v) is 9.59. The van der Waals surface area contributed by atoms with Crippen LogP contribution in [-0.2, 0) is 4.79 Å². The molecular formula is C12H14N2O3. The number of nitrogens with zero attached hydrogens (tertiary/aromatic N) is 2. The quantitative estimate of drug-likeness (QED) is 0.831. The van der Waals surface area contributed by atoms with Gasteiger partial charge in [0.15, 0.2) is 0 Å². The number of hydrogen-bond donors (Lipinski definition) is 1. The van der Waals surface area contributed by atoms with Crippen LogP contribution in [0.5, 0.6) is 0 Å². The second kappa shape index (κ2) is 4.53. The van der Waals surface area contributed by atoms with E-state index in [2.05, 4.69) is 4.98 Å². The second-order valence-electron chi connectivity index (χ2n) is 4.25. The molecule has 17 heavy (non-hydrogen) atoms. The summed E-state index contributed by atoms with van der Waals surface area (Å²) in [5, 5.41) is 9.02. The minimum atomic E-state index is -0.934. The van der Waals surface area contributed by atoms with Crippen molar-refractivity contribution in [1.29, 1.82) is 0 Å². The minimum absolute atomic E-state index is 0.244. The summed E-state index contributed by atoms with van der Waals surface area (Å²) < 4.78 is 0. The maximum atomic E-state index is 12.1. The van der Waals surface area contributed by atoms with E-state index in [9.17, 15) is 9.59 Å². The Balaban J connectivity index is 2.23. The van der Waals surface area contributed by atoms with E-state index in [1.54, 1.807) is 12.3 Å². The number of rotatable bonds is 2. The van der Waals surface area contributed by atoms with Gasteiger partial charge in [-0.25, -0.2) is 4.79 Å². The van der Waals surface area contributed by atoms with Crippen molar-refractivity contribution in [3.63, 3.8) is 0 Å². The Bertz CT molecular complexity index is 459. The molecule has 1 aromatic heterocycles. The topological polar surface area (TPSA) is 70.5 Å². The van der Waals surface area contributed by atoms with Gasteiger partial charge in [0.1, 0.15) is 6.04 Å². The molecule has 1 atom stereocenters. The maximum absolute atomic E-state index is 12.1. The van der Waals surface area contributed by atoms with Crippen molar-refractivity contribution >= 4 is 11.9 Å². The molecule has 0 spiro atoms. The predicted octanol–water partition coefficient (Wildman–Crippen LogP) is 1.08. The average molecular weight is 234 g/mol. The first-order valence-electron chi connectivity index (χ1n) is 5.55. The predicted molar refractivity (Wildman–Crippen MR) is 60.7 cm³/mol. The van der Waals surface area contributed by atoms with Crippen molar-refractivity contribution in [3.05, 3.63) is 29.6 Å². The summed E-state index contributed by atoms with van der Waals surface area (Å²) >= 11 is 0. The largest absolute Gasteiger partial charge is 0.480 e. The molecule has 1 amide bonds. The highest BCUT2D eigenvalue weighted by atomic mass is 16.4. The molecule has 5 heteroatoms. The second-order valence-corrected chi connectivity index (χ2v) is 4.25. The summed E-state index contributed by atoms with van der Waals surface area (Å²) in [5.74, 6) is -1.18. The van der Waals surface area contributed by atoms with Gasteiger partial charge >= 0.3 is 5.97 Å². The summed E-state index contributed by atoms with van der Waals surface area (Å²) in [6.07, 6.45) is 4.41. The Morgan fingerprint density at radius 2 is 2.24 bits per heavy atom. The Labute approximate surface area is 99.1 Å². The molecule has 0 saturated carbocycles. The number of carbonyl (C=O) groups is 2. The number of amides is 1. The third-order valence-electron chi connectivity index (χ3n) is 2.92. The van der Waals surface area contributed by atoms with E-state index in [4.69, 9.17) is 5.11 Å². The number of carboxylic acid groups (broad SMARTS) is 1. The van der Waals surface area contributed by atoms with Gasteiger partial charge in [-0.3, -0.25) is 9.78 Å². The summed E-state index contributed by atoms with van der Waals surface area (Å²) in [6, 6.07) is 1.04. The van der Waals surface area contributed by atoms with Crippen LogP contribution in [-0.4, -0.2) is 39.5 Å². The molecule has 1 N–H and O–H groups in total. The summed E-state index contributed by atoms with van der Waals surface area (Å²) in [7, 11) is 0. The standard InChI is InChI=1S/C12H14N2O3/c1-8-5-9(7-13-6-8)11(15)14-4-2-3-10(14)12(16)17/h5-7,10H,2-4H2,1H3,(H,16,17)/t10-/m0/s1. The van der Waals surface area contributed by atoms with Crippen LogP contribution in [0.15, 0.2) is 18.5 Å². The van der Waals surface area contributed by atoms with Crippen LogP contribution in [0.1, 0.15) is 28.8 Å². The van der Waals surface area contributed by atoms with E-state index < -0.39 is 12.0 Å². The number of aliphatic carboxylic acids is 1. The Morgan fingerprint density at radius 3 is 2.88 bits per heavy atom. The Kier molecular flexibility index (Phi) is 3.08. The van der Waals surface area contributed by atoms with Gasteiger partial charge in [-0.05, 0) is 31.4 Å². The molecule has 2 heterocycles. The normalized spacial score (nSPS) is 19.4. The van der Waals surface area contributed by atoms with Crippen molar-refractivity contribution in [1.82, 2.24) is 9.88 Å². The van der Waals surface area contributed by atoms with Gasteiger partial charge in [0.25, 0.3) is 5.91 Å². The molecule has 1 aromatic rings. The van der Waals surface area contributed by atoms with Gasteiger partial charge in [-0.2, -0.15) is 0 Å². The van der Waals surface area contributed by atoms with Gasteiger partial charge in [-0.15, -0.1) is 0 Å². The minimum Gasteiger partial charge on any atom is -0.480 e. The smallest absolute Gasteiger partial charge is 0.326 e. The fraction of sp³-hybridized carbons (Fsp3) is 0.417. The average Bonchev–Trinajstić information content (AvgIpc) is 2.77.